The van der Waals surface area contributed by atoms with E-state index < -0.39 is 11.9 Å². The monoisotopic (exact) mass is 429 g/mol. The molecule has 2 aromatic carbocycles. The molecule has 2 aromatic rings. The summed E-state index contributed by atoms with van der Waals surface area (Å²) < 4.78 is 26.4. The molecule has 0 saturated carbocycles. The molecule has 31 heavy (non-hydrogen) atoms. The van der Waals surface area contributed by atoms with Crippen LogP contribution in [0.2, 0.25) is 0 Å². The molecule has 0 heterocycles. The van der Waals surface area contributed by atoms with Gasteiger partial charge in [0.15, 0.2) is 0 Å². The second-order valence-corrected chi connectivity index (χ2v) is 6.13. The van der Waals surface area contributed by atoms with Gasteiger partial charge in [0, 0.05) is 18.8 Å². The molecule has 0 unspecified atom stereocenters. The van der Waals surface area contributed by atoms with Crippen LogP contribution in [0.1, 0.15) is 10.4 Å². The van der Waals surface area contributed by atoms with Crippen LogP contribution in [0.4, 0.5) is 5.69 Å². The van der Waals surface area contributed by atoms with E-state index in [4.69, 9.17) is 23.7 Å². The first-order valence-corrected chi connectivity index (χ1v) is 9.80. The lowest BCUT2D eigenvalue weighted by Crippen LogP contribution is -2.13. The van der Waals surface area contributed by atoms with E-state index in [0.717, 1.165) is 11.8 Å². The van der Waals surface area contributed by atoms with E-state index in [9.17, 15) is 9.59 Å². The number of carbonyl (C=O) groups is 2. The smallest absolute Gasteiger partial charge is 0.343 e. The number of ether oxygens (including phenoxy) is 5. The maximum absolute atomic E-state index is 12.2. The number of hydrogen-bond acceptors (Lipinski definition) is 8. The molecule has 0 aliphatic heterocycles. The summed E-state index contributed by atoms with van der Waals surface area (Å²) >= 11 is 0. The summed E-state index contributed by atoms with van der Waals surface area (Å²) in [7, 11) is 1.82. The van der Waals surface area contributed by atoms with Crippen molar-refractivity contribution in [1.29, 1.82) is 0 Å². The molecule has 1 N–H and O–H groups in total. The Balaban J connectivity index is 1.58. The van der Waals surface area contributed by atoms with Crippen molar-refractivity contribution in [3.8, 4) is 11.5 Å². The van der Waals surface area contributed by atoms with Crippen LogP contribution in [0.25, 0.3) is 0 Å². The molecule has 8 nitrogen and oxygen atoms in total. The summed E-state index contributed by atoms with van der Waals surface area (Å²) in [6, 6.07) is 13.8. The highest BCUT2D eigenvalue weighted by Gasteiger charge is 2.09. The van der Waals surface area contributed by atoms with Crippen molar-refractivity contribution < 1.29 is 33.3 Å². The zero-order valence-corrected chi connectivity index (χ0v) is 17.5. The van der Waals surface area contributed by atoms with Crippen LogP contribution in [-0.2, 0) is 19.0 Å². The van der Waals surface area contributed by atoms with Gasteiger partial charge in [-0.2, -0.15) is 0 Å². The van der Waals surface area contributed by atoms with Crippen molar-refractivity contribution in [2.24, 2.45) is 0 Å². The van der Waals surface area contributed by atoms with Gasteiger partial charge in [0.25, 0.3) is 0 Å². The van der Waals surface area contributed by atoms with Crippen molar-refractivity contribution >= 4 is 17.6 Å². The molecular weight excluding hydrogens is 402 g/mol. The average Bonchev–Trinajstić information content (AvgIpc) is 2.80. The van der Waals surface area contributed by atoms with Gasteiger partial charge in [0.2, 0.25) is 0 Å². The van der Waals surface area contributed by atoms with E-state index in [0.29, 0.717) is 50.1 Å². The van der Waals surface area contributed by atoms with E-state index >= 15 is 0 Å². The maximum Gasteiger partial charge on any atom is 0.343 e. The number of carbonyl (C=O) groups excluding carboxylic acids is 2. The Bertz CT molecular complexity index is 819. The van der Waals surface area contributed by atoms with Crippen LogP contribution in [0.15, 0.2) is 61.2 Å². The fourth-order valence-corrected chi connectivity index (χ4v) is 2.34. The third kappa shape index (κ3) is 9.33. The normalized spacial score (nSPS) is 10.2. The Kier molecular flexibility index (Phi) is 10.6. The van der Waals surface area contributed by atoms with Crippen LogP contribution in [-0.4, -0.2) is 58.6 Å². The van der Waals surface area contributed by atoms with Crippen molar-refractivity contribution in [3.63, 3.8) is 0 Å². The van der Waals surface area contributed by atoms with Gasteiger partial charge in [0.1, 0.15) is 24.7 Å². The molecule has 0 saturated heterocycles. The molecule has 0 radical (unpaired) electrons. The van der Waals surface area contributed by atoms with Gasteiger partial charge < -0.3 is 29.0 Å². The maximum atomic E-state index is 12.2. The summed E-state index contributed by atoms with van der Waals surface area (Å²) in [6.07, 6.45) is 1.10. The SMILES string of the molecule is C=CC(=O)OCCOCCOCCOc1ccc(C(=O)Oc2ccc(NC)cc2)cc1. The number of esters is 2. The largest absolute Gasteiger partial charge is 0.491 e. The summed E-state index contributed by atoms with van der Waals surface area (Å²) in [5.74, 6) is 0.190. The first-order chi connectivity index (χ1) is 15.1. The molecule has 0 atom stereocenters. The van der Waals surface area contributed by atoms with Crippen molar-refractivity contribution in [2.75, 3.05) is 52.0 Å². The first kappa shape index (κ1) is 23.9. The van der Waals surface area contributed by atoms with Crippen LogP contribution in [0, 0.1) is 0 Å². The lowest BCUT2D eigenvalue weighted by atomic mass is 10.2. The van der Waals surface area contributed by atoms with Crippen molar-refractivity contribution in [1.82, 2.24) is 0 Å². The highest BCUT2D eigenvalue weighted by atomic mass is 16.6. The molecule has 0 spiro atoms. The minimum atomic E-state index is -0.471. The van der Waals surface area contributed by atoms with Gasteiger partial charge in [-0.05, 0) is 48.5 Å². The number of rotatable bonds is 14. The van der Waals surface area contributed by atoms with Crippen molar-refractivity contribution in [2.45, 2.75) is 0 Å². The van der Waals surface area contributed by atoms with E-state index in [1.54, 1.807) is 36.4 Å². The van der Waals surface area contributed by atoms with Gasteiger partial charge >= 0.3 is 11.9 Å². The minimum Gasteiger partial charge on any atom is -0.491 e. The zero-order chi connectivity index (χ0) is 22.3. The molecule has 0 amide bonds. The Morgan fingerprint density at radius 2 is 1.42 bits per heavy atom. The van der Waals surface area contributed by atoms with Crippen molar-refractivity contribution in [3.05, 3.63) is 66.7 Å². The molecule has 2 rings (SSSR count). The average molecular weight is 429 g/mol. The number of hydrogen-bond donors (Lipinski definition) is 1. The number of nitrogens with one attached hydrogen (secondary N) is 1. The second kappa shape index (κ2) is 13.8. The Morgan fingerprint density at radius 3 is 2.03 bits per heavy atom. The topological polar surface area (TPSA) is 92.3 Å². The molecule has 8 heteroatoms. The lowest BCUT2D eigenvalue weighted by Gasteiger charge is -2.09. The van der Waals surface area contributed by atoms with Gasteiger partial charge in [-0.15, -0.1) is 0 Å². The molecule has 166 valence electrons. The molecule has 0 fully saturated rings. The first-order valence-electron chi connectivity index (χ1n) is 9.80. The van der Waals surface area contributed by atoms with E-state index in [1.807, 2.05) is 19.2 Å². The summed E-state index contributed by atoms with van der Waals surface area (Å²) in [5.41, 5.74) is 1.36. The summed E-state index contributed by atoms with van der Waals surface area (Å²) in [4.78, 5) is 23.0. The Hall–Kier alpha value is -3.36. The zero-order valence-electron chi connectivity index (χ0n) is 17.5. The molecule has 0 bridgehead atoms. The van der Waals surface area contributed by atoms with Crippen LogP contribution >= 0.6 is 0 Å². The van der Waals surface area contributed by atoms with Crippen LogP contribution < -0.4 is 14.8 Å². The highest BCUT2D eigenvalue weighted by molar-refractivity contribution is 5.91. The third-order valence-electron chi connectivity index (χ3n) is 3.95. The molecular formula is C23H27NO7. The predicted octanol–water partition coefficient (Wildman–Crippen LogP) is 3.09. The quantitative estimate of drug-likeness (QED) is 0.212. The van der Waals surface area contributed by atoms with E-state index in [2.05, 4.69) is 11.9 Å². The Labute approximate surface area is 181 Å². The van der Waals surface area contributed by atoms with Gasteiger partial charge in [0.05, 0.1) is 32.0 Å². The standard InChI is InChI=1S/C23H27NO7/c1-3-22(25)30-17-15-28-13-12-27-14-16-29-20-8-4-18(5-9-20)23(26)31-21-10-6-19(24-2)7-11-21/h3-11,24H,1,12-17H2,2H3. The highest BCUT2D eigenvalue weighted by Crippen LogP contribution is 2.18. The molecule has 0 aliphatic rings. The number of anilines is 1. The lowest BCUT2D eigenvalue weighted by molar-refractivity contribution is -0.139. The van der Waals surface area contributed by atoms with Crippen LogP contribution in [0.3, 0.4) is 0 Å². The fraction of sp³-hybridized carbons (Fsp3) is 0.304. The summed E-state index contributed by atoms with van der Waals surface area (Å²) in [6.45, 7) is 5.32. The fourth-order valence-electron chi connectivity index (χ4n) is 2.34. The van der Waals surface area contributed by atoms with Gasteiger partial charge in [-0.3, -0.25) is 0 Å². The summed E-state index contributed by atoms with van der Waals surface area (Å²) in [5, 5.41) is 3.00. The third-order valence-corrected chi connectivity index (χ3v) is 3.95. The predicted molar refractivity (Wildman–Crippen MR) is 116 cm³/mol. The minimum absolute atomic E-state index is 0.181. The molecule has 0 aliphatic carbocycles. The number of benzene rings is 2. The molecule has 0 aromatic heterocycles. The van der Waals surface area contributed by atoms with E-state index in [1.165, 1.54) is 0 Å². The van der Waals surface area contributed by atoms with E-state index in [-0.39, 0.29) is 6.61 Å². The van der Waals surface area contributed by atoms with Crippen LogP contribution in [0.5, 0.6) is 11.5 Å². The Morgan fingerprint density at radius 1 is 0.839 bits per heavy atom. The van der Waals surface area contributed by atoms with Gasteiger partial charge in [-0.25, -0.2) is 9.59 Å². The van der Waals surface area contributed by atoms with Gasteiger partial charge in [-0.1, -0.05) is 6.58 Å². The second-order valence-electron chi connectivity index (χ2n) is 6.13.